The van der Waals surface area contributed by atoms with Crippen LogP contribution in [0.3, 0.4) is 0 Å². The molecular formula is C106H54S10. The summed E-state index contributed by atoms with van der Waals surface area (Å²) in [6.45, 7) is 0. The summed E-state index contributed by atoms with van der Waals surface area (Å²) in [6.07, 6.45) is 0. The first-order valence-corrected chi connectivity index (χ1v) is 47.2. The zero-order chi connectivity index (χ0) is 75.3. The second-order valence-corrected chi connectivity index (χ2v) is 40.9. The first-order valence-electron chi connectivity index (χ1n) is 38.9. The van der Waals surface area contributed by atoms with Crippen LogP contribution in [-0.4, -0.2) is 0 Å². The molecule has 0 amide bonds. The predicted molar refractivity (Wildman–Crippen MR) is 524 cm³/mol. The summed E-state index contributed by atoms with van der Waals surface area (Å²) >= 11 is 19.3. The molecule has 0 unspecified atom stereocenters. The highest BCUT2D eigenvalue weighted by atomic mass is 32.1. The van der Waals surface area contributed by atoms with Crippen molar-refractivity contribution in [2.75, 3.05) is 0 Å². The number of thiophene rings is 10. The van der Waals surface area contributed by atoms with Gasteiger partial charge in [-0.15, -0.1) is 113 Å². The van der Waals surface area contributed by atoms with Crippen molar-refractivity contribution >= 4 is 300 Å². The normalized spacial score (nSPS) is 12.5. The molecule has 0 nitrogen and oxygen atoms in total. The Balaban J connectivity index is 0.559. The number of fused-ring (bicyclic) bond motifs is 23. The monoisotopic (exact) mass is 1650 g/mol. The van der Waals surface area contributed by atoms with Crippen molar-refractivity contribution in [3.8, 4) is 83.5 Å². The molecule has 27 rings (SSSR count). The van der Waals surface area contributed by atoms with E-state index in [0.29, 0.717) is 0 Å². The van der Waals surface area contributed by atoms with Gasteiger partial charge >= 0.3 is 0 Å². The molecule has 0 bridgehead atoms. The first-order chi connectivity index (χ1) is 57.5. The molecule has 10 heteroatoms. The van der Waals surface area contributed by atoms with Crippen molar-refractivity contribution in [2.45, 2.75) is 0 Å². The van der Waals surface area contributed by atoms with Crippen LogP contribution >= 0.6 is 113 Å². The van der Waals surface area contributed by atoms with Crippen LogP contribution in [-0.2, 0) is 0 Å². The highest BCUT2D eigenvalue weighted by molar-refractivity contribution is 7.33. The maximum atomic E-state index is 2.48. The summed E-state index contributed by atoms with van der Waals surface area (Å²) in [6, 6.07) is 121. The van der Waals surface area contributed by atoms with Gasteiger partial charge in [0.1, 0.15) is 0 Å². The van der Waals surface area contributed by atoms with Gasteiger partial charge in [0.2, 0.25) is 0 Å². The SMILES string of the molecule is c1ccc2c(-c3cc4ccc5cc(-c6c7ccccc7c(-c7cc8ccc9cc(-c%10c%11ccccc%11c(-c%11cc%12ccc%13cc(-c%14c%15ccccc%15c(-c%15cc%16ccc%17ccsc%17c%16s%15)c%15ccccc%14%15)sc%13c%12s%11)c%11ccccc%10%11)sc9c8s7)c7ccccc67)sc5c4s3)c3ccccc3c(-c3cc4ccc5ccsc5c4s3)c2c1. The van der Waals surface area contributed by atoms with Gasteiger partial charge in [-0.25, -0.2) is 0 Å². The fraction of sp³-hybridized carbons (Fsp3) is 0. The highest BCUT2D eigenvalue weighted by Crippen LogP contribution is 2.58. The lowest BCUT2D eigenvalue weighted by Crippen LogP contribution is -1.88. The molecule has 0 saturated heterocycles. The van der Waals surface area contributed by atoms with E-state index in [9.17, 15) is 0 Å². The summed E-state index contributed by atoms with van der Waals surface area (Å²) < 4.78 is 13.6. The first kappa shape index (κ1) is 65.7. The smallest absolute Gasteiger partial charge is 0.0527 e. The Morgan fingerprint density at radius 3 is 0.397 bits per heavy atom. The van der Waals surface area contributed by atoms with Crippen molar-refractivity contribution in [3.63, 3.8) is 0 Å². The number of benzene rings is 17. The summed E-state index contributed by atoms with van der Waals surface area (Å²) in [7, 11) is 0. The van der Waals surface area contributed by atoms with Crippen LogP contribution in [0, 0.1) is 0 Å². The Bertz CT molecular complexity index is 8260. The Labute approximate surface area is 703 Å². The minimum Gasteiger partial charge on any atom is -0.142 e. The summed E-state index contributed by atoms with van der Waals surface area (Å²) in [5, 5.41) is 38.1. The van der Waals surface area contributed by atoms with Crippen LogP contribution < -0.4 is 0 Å². The number of hydrogen-bond acceptors (Lipinski definition) is 10. The van der Waals surface area contributed by atoms with Gasteiger partial charge in [0.15, 0.2) is 0 Å². The molecule has 0 saturated carbocycles. The van der Waals surface area contributed by atoms with E-state index >= 15 is 0 Å². The van der Waals surface area contributed by atoms with E-state index in [1.807, 2.05) is 113 Å². The van der Waals surface area contributed by atoms with Gasteiger partial charge in [0.05, 0.1) is 47.0 Å². The van der Waals surface area contributed by atoms with E-state index in [4.69, 9.17) is 0 Å². The van der Waals surface area contributed by atoms with E-state index < -0.39 is 0 Å². The van der Waals surface area contributed by atoms with Crippen molar-refractivity contribution < 1.29 is 0 Å². The molecule has 0 fully saturated rings. The van der Waals surface area contributed by atoms with Gasteiger partial charge in [-0.3, -0.25) is 0 Å². The Morgan fingerprint density at radius 1 is 0.121 bits per heavy atom. The molecule has 10 heterocycles. The molecule has 0 aliphatic rings. The van der Waals surface area contributed by atoms with E-state index in [-0.39, 0.29) is 0 Å². The third-order valence-corrected chi connectivity index (χ3v) is 36.4. The average molecular weight is 1650 g/mol. The lowest BCUT2D eigenvalue weighted by atomic mass is 9.90. The average Bonchev–Trinajstić information content (AvgIpc) is 1.52. The maximum absolute atomic E-state index is 2.48. The fourth-order valence-electron chi connectivity index (χ4n) is 19.4. The van der Waals surface area contributed by atoms with E-state index in [1.54, 1.807) is 0 Å². The minimum atomic E-state index is 1.28. The fourth-order valence-corrected chi connectivity index (χ4v) is 31.9. The van der Waals surface area contributed by atoms with Crippen molar-refractivity contribution in [1.82, 2.24) is 0 Å². The second kappa shape index (κ2) is 25.0. The molecule has 0 atom stereocenters. The van der Waals surface area contributed by atoms with Crippen LogP contribution in [0.25, 0.3) is 271 Å². The zero-order valence-corrected chi connectivity index (χ0v) is 69.4. The minimum absolute atomic E-state index is 1.28. The molecule has 0 aliphatic carbocycles. The molecule has 538 valence electrons. The number of rotatable bonds is 8. The summed E-state index contributed by atoms with van der Waals surface area (Å²) in [4.78, 5) is 10.4. The molecule has 116 heavy (non-hydrogen) atoms. The standard InChI is InChI=1S/C106H54S10/c1-5-21-69-65(17-1)89(81-47-57-35-33-55-43-45-107-97(55)99(57)109-81)66-18-2-6-22-70(66)91(69)83-49-59-37-39-61-51-85(113-103(61)101(59)111-83)93-73-25-9-13-29-77(73)95(78-30-14-10-26-74(78)93)87-53-63-41-42-64-54-88(116-106(64)105(63)115-87)96-79-31-15-11-27-75(79)94(76-28-12-16-32-80(76)96)86-52-62-40-38-60-50-84(112-102(60)104(62)114-86)92-71-23-7-3-19-67(71)90(68-20-4-8-24-72(68)92)82-48-58-36-34-56-44-46-108-98(56)100(58)110-82/h1-54H. The molecule has 17 aromatic carbocycles. The van der Waals surface area contributed by atoms with Gasteiger partial charge in [-0.05, 0) is 211 Å². The van der Waals surface area contributed by atoms with E-state index in [0.717, 1.165) is 0 Å². The van der Waals surface area contributed by atoms with Gasteiger partial charge in [-0.2, -0.15) is 0 Å². The molecule has 0 aliphatic heterocycles. The second-order valence-electron chi connectivity index (χ2n) is 30.6. The van der Waals surface area contributed by atoms with E-state index in [2.05, 4.69) is 326 Å². The van der Waals surface area contributed by atoms with Crippen LogP contribution in [0.4, 0.5) is 0 Å². The van der Waals surface area contributed by atoms with Gasteiger partial charge in [-0.1, -0.05) is 255 Å². The summed E-state index contributed by atoms with van der Waals surface area (Å²) in [5.41, 5.74) is 10.5. The van der Waals surface area contributed by atoms with Crippen LogP contribution in [0.1, 0.15) is 0 Å². The topological polar surface area (TPSA) is 0 Å². The Morgan fingerprint density at radius 2 is 0.250 bits per heavy atom. The molecular weight excluding hydrogens is 1590 g/mol. The van der Waals surface area contributed by atoms with Gasteiger partial charge in [0.25, 0.3) is 0 Å². The highest BCUT2D eigenvalue weighted by Gasteiger charge is 2.28. The van der Waals surface area contributed by atoms with Crippen LogP contribution in [0.2, 0.25) is 0 Å². The Kier molecular flexibility index (Phi) is 14.1. The summed E-state index contributed by atoms with van der Waals surface area (Å²) in [5.74, 6) is 0. The molecule has 27 aromatic rings. The van der Waals surface area contributed by atoms with Gasteiger partial charge < -0.3 is 0 Å². The van der Waals surface area contributed by atoms with Crippen LogP contribution in [0.5, 0.6) is 0 Å². The van der Waals surface area contributed by atoms with Crippen LogP contribution in [0.15, 0.2) is 326 Å². The lowest BCUT2D eigenvalue weighted by Gasteiger charge is -2.15. The molecule has 0 N–H and O–H groups in total. The van der Waals surface area contributed by atoms with Crippen molar-refractivity contribution in [2.24, 2.45) is 0 Å². The largest absolute Gasteiger partial charge is 0.142 e. The Hall–Kier alpha value is -11.6. The predicted octanol–water partition coefficient (Wildman–Crippen LogP) is 36.4. The quantitative estimate of drug-likeness (QED) is 0.133. The van der Waals surface area contributed by atoms with E-state index in [1.165, 1.54) is 271 Å². The maximum Gasteiger partial charge on any atom is 0.0527 e. The van der Waals surface area contributed by atoms with Gasteiger partial charge in [0, 0.05) is 83.5 Å². The third kappa shape index (κ3) is 9.48. The number of hydrogen-bond donors (Lipinski definition) is 0. The molecule has 0 spiro atoms. The third-order valence-electron chi connectivity index (χ3n) is 24.4. The molecule has 10 aromatic heterocycles. The van der Waals surface area contributed by atoms with Crippen molar-refractivity contribution in [1.29, 1.82) is 0 Å². The lowest BCUT2D eigenvalue weighted by molar-refractivity contribution is 1.75. The van der Waals surface area contributed by atoms with Crippen molar-refractivity contribution in [3.05, 3.63) is 326 Å². The zero-order valence-electron chi connectivity index (χ0n) is 61.3. The molecule has 0 radical (unpaired) electrons.